The summed E-state index contributed by atoms with van der Waals surface area (Å²) in [5.74, 6) is 0.0370. The minimum atomic E-state index is -1.50. The number of aromatic nitrogens is 3. The van der Waals surface area contributed by atoms with Crippen molar-refractivity contribution < 1.29 is 19.3 Å². The van der Waals surface area contributed by atoms with Crippen LogP contribution in [0.2, 0.25) is 0 Å². The van der Waals surface area contributed by atoms with Crippen molar-refractivity contribution in [3.05, 3.63) is 0 Å². The zero-order valence-electron chi connectivity index (χ0n) is 10.7. The van der Waals surface area contributed by atoms with Crippen LogP contribution in [0, 0.1) is 0 Å². The third-order valence-electron chi connectivity index (χ3n) is 1.74. The van der Waals surface area contributed by atoms with Crippen LogP contribution in [0.4, 0.5) is 17.8 Å². The Hall–Kier alpha value is -1.75. The van der Waals surface area contributed by atoms with Crippen molar-refractivity contribution >= 4 is 17.8 Å². The third-order valence-corrected chi connectivity index (χ3v) is 1.74. The fourth-order valence-electron chi connectivity index (χ4n) is 1.01. The van der Waals surface area contributed by atoms with Crippen LogP contribution in [-0.4, -0.2) is 54.6 Å². The fraction of sp³-hybridized carbons (Fsp3) is 0.625. The average Bonchev–Trinajstić information content (AvgIpc) is 2.37. The number of aliphatic hydroxyl groups excluding tert-OH is 1. The van der Waals surface area contributed by atoms with Crippen molar-refractivity contribution in [1.82, 2.24) is 15.0 Å². The molecule has 0 unspecified atom stereocenters. The first-order valence-electron chi connectivity index (χ1n) is 4.70. The van der Waals surface area contributed by atoms with Gasteiger partial charge in [0.25, 0.3) is 0 Å². The fourth-order valence-corrected chi connectivity index (χ4v) is 1.01. The molecule has 0 aliphatic rings. The summed E-state index contributed by atoms with van der Waals surface area (Å²) < 4.78 is 14.9. The lowest BCUT2D eigenvalue weighted by Gasteiger charge is -2.28. The number of nitrogens with one attached hydrogen (secondary N) is 1. The molecule has 6 N–H and O–H groups in total. The molecule has 1 rings (SSSR count). The zero-order chi connectivity index (χ0) is 14.2. The molecular weight excluding hydrogens is 244 g/mol. The van der Waals surface area contributed by atoms with Crippen LogP contribution in [0.1, 0.15) is 0 Å². The molecule has 0 aromatic carbocycles. The quantitative estimate of drug-likeness (QED) is 0.466. The molecule has 0 fully saturated rings. The molecule has 0 amide bonds. The van der Waals surface area contributed by atoms with Crippen LogP contribution < -0.4 is 16.8 Å². The summed E-state index contributed by atoms with van der Waals surface area (Å²) in [6.07, 6.45) is -1.50. The summed E-state index contributed by atoms with van der Waals surface area (Å²) in [7, 11) is 5.15. The molecule has 104 valence electrons. The van der Waals surface area contributed by atoms with Gasteiger partial charge in [-0.3, -0.25) is 5.32 Å². The van der Waals surface area contributed by atoms with Gasteiger partial charge < -0.3 is 30.8 Å². The first-order valence-corrected chi connectivity index (χ1v) is 4.70. The van der Waals surface area contributed by atoms with Gasteiger partial charge in [-0.1, -0.05) is 0 Å². The van der Waals surface area contributed by atoms with Crippen molar-refractivity contribution in [3.63, 3.8) is 0 Å². The number of hydrogen-bond acceptors (Lipinski definition) is 10. The largest absolute Gasteiger partial charge is 0.400 e. The first-order chi connectivity index (χ1) is 8.55. The molecule has 0 aliphatic carbocycles. The molecule has 0 aliphatic heterocycles. The van der Waals surface area contributed by atoms with Crippen LogP contribution in [0.5, 0.6) is 0 Å². The van der Waals surface area contributed by atoms with Gasteiger partial charge in [0.15, 0.2) is 0 Å². The van der Waals surface area contributed by atoms with Gasteiger partial charge in [-0.05, 0) is 0 Å². The Balaban J connectivity index is 0.00000137. The smallest absolute Gasteiger partial charge is 0.376 e. The number of nitrogens with two attached hydrogens (primary N) is 2. The SMILES string of the molecule is CO.COC(Nc1nc(N)nc(N)n1)(OC)OC. The van der Waals surface area contributed by atoms with Crippen molar-refractivity contribution in [2.45, 2.75) is 6.10 Å². The number of nitrogens with zero attached hydrogens (tertiary/aromatic N) is 3. The minimum absolute atomic E-state index is 0.0211. The van der Waals surface area contributed by atoms with Crippen molar-refractivity contribution in [2.24, 2.45) is 0 Å². The van der Waals surface area contributed by atoms with Gasteiger partial charge in [0.05, 0.1) is 0 Å². The second-order valence-electron chi connectivity index (χ2n) is 2.67. The lowest BCUT2D eigenvalue weighted by Crippen LogP contribution is -2.44. The van der Waals surface area contributed by atoms with Gasteiger partial charge in [-0.15, -0.1) is 0 Å². The molecule has 0 bridgehead atoms. The predicted octanol–water partition coefficient (Wildman–Crippen LogP) is -1.39. The van der Waals surface area contributed by atoms with Crippen LogP contribution in [-0.2, 0) is 14.2 Å². The van der Waals surface area contributed by atoms with E-state index in [-0.39, 0.29) is 17.8 Å². The highest BCUT2D eigenvalue weighted by atomic mass is 16.9. The first kappa shape index (κ1) is 16.2. The van der Waals surface area contributed by atoms with Gasteiger partial charge in [0.2, 0.25) is 17.8 Å². The van der Waals surface area contributed by atoms with E-state index in [0.717, 1.165) is 7.11 Å². The normalized spacial score (nSPS) is 10.5. The summed E-state index contributed by atoms with van der Waals surface area (Å²) >= 11 is 0. The second-order valence-corrected chi connectivity index (χ2v) is 2.67. The van der Waals surface area contributed by atoms with Gasteiger partial charge in [0, 0.05) is 28.4 Å². The number of aliphatic hydroxyl groups is 1. The molecule has 0 spiro atoms. The number of hydrogen-bond donors (Lipinski definition) is 4. The Bertz CT molecular complexity index is 331. The molecule has 18 heavy (non-hydrogen) atoms. The summed E-state index contributed by atoms with van der Waals surface area (Å²) in [6, 6.07) is 0. The maximum absolute atomic E-state index is 7.00. The van der Waals surface area contributed by atoms with E-state index in [1.54, 1.807) is 0 Å². The highest BCUT2D eigenvalue weighted by Gasteiger charge is 2.31. The lowest BCUT2D eigenvalue weighted by molar-refractivity contribution is -0.333. The standard InChI is InChI=1S/C7H14N6O3.CH4O/c1-14-7(15-2,16-3)13-6-11-4(8)10-5(9)12-6;1-2/h1-3H3,(H5,8,9,10,11,12,13);2H,1H3. The van der Waals surface area contributed by atoms with Crippen molar-refractivity contribution in [2.75, 3.05) is 45.2 Å². The Labute approximate surface area is 104 Å². The second kappa shape index (κ2) is 7.55. The van der Waals surface area contributed by atoms with Crippen molar-refractivity contribution in [1.29, 1.82) is 0 Å². The molecule has 10 heteroatoms. The van der Waals surface area contributed by atoms with Crippen molar-refractivity contribution in [3.8, 4) is 0 Å². The minimum Gasteiger partial charge on any atom is -0.400 e. The molecule has 0 saturated heterocycles. The highest BCUT2D eigenvalue weighted by Crippen LogP contribution is 2.15. The van der Waals surface area contributed by atoms with Crippen LogP contribution >= 0.6 is 0 Å². The van der Waals surface area contributed by atoms with E-state index in [9.17, 15) is 0 Å². The lowest BCUT2D eigenvalue weighted by atomic mass is 10.7. The molecule has 0 atom stereocenters. The van der Waals surface area contributed by atoms with Gasteiger partial charge in [0.1, 0.15) is 0 Å². The zero-order valence-corrected chi connectivity index (χ0v) is 10.7. The van der Waals surface area contributed by atoms with E-state index >= 15 is 0 Å². The van der Waals surface area contributed by atoms with E-state index in [0.29, 0.717) is 0 Å². The van der Waals surface area contributed by atoms with Gasteiger partial charge in [-0.25, -0.2) is 0 Å². The molecular formula is C8H18N6O4. The third kappa shape index (κ3) is 4.25. The monoisotopic (exact) mass is 262 g/mol. The Morgan fingerprint density at radius 1 is 0.944 bits per heavy atom. The topological polar surface area (TPSA) is 151 Å². The Kier molecular flexibility index (Phi) is 6.82. The summed E-state index contributed by atoms with van der Waals surface area (Å²) in [5, 5.41) is 9.63. The van der Waals surface area contributed by atoms with Crippen LogP contribution in [0.25, 0.3) is 0 Å². The summed E-state index contributed by atoms with van der Waals surface area (Å²) in [6.45, 7) is 0. The number of methoxy groups -OCH3 is 3. The number of nitrogen functional groups attached to an aromatic ring is 2. The van der Waals surface area contributed by atoms with E-state index in [2.05, 4.69) is 20.3 Å². The highest BCUT2D eigenvalue weighted by molar-refractivity contribution is 5.37. The predicted molar refractivity (Wildman–Crippen MR) is 64.2 cm³/mol. The number of rotatable bonds is 5. The van der Waals surface area contributed by atoms with E-state index < -0.39 is 6.10 Å². The average molecular weight is 262 g/mol. The van der Waals surface area contributed by atoms with E-state index in [1.165, 1.54) is 21.3 Å². The number of ether oxygens (including phenoxy) is 3. The maximum Gasteiger partial charge on any atom is 0.376 e. The maximum atomic E-state index is 7.00. The van der Waals surface area contributed by atoms with Crippen LogP contribution in [0.15, 0.2) is 0 Å². The summed E-state index contributed by atoms with van der Waals surface area (Å²) in [4.78, 5) is 11.2. The van der Waals surface area contributed by atoms with E-state index in [1.807, 2.05) is 0 Å². The molecule has 1 aromatic rings. The molecule has 0 saturated carbocycles. The Morgan fingerprint density at radius 3 is 1.67 bits per heavy atom. The van der Waals surface area contributed by atoms with E-state index in [4.69, 9.17) is 30.8 Å². The number of anilines is 3. The molecule has 1 heterocycles. The van der Waals surface area contributed by atoms with Crippen LogP contribution in [0.3, 0.4) is 0 Å². The molecule has 10 nitrogen and oxygen atoms in total. The summed E-state index contributed by atoms with van der Waals surface area (Å²) in [5.41, 5.74) is 10.8. The van der Waals surface area contributed by atoms with Gasteiger partial charge >= 0.3 is 6.10 Å². The molecule has 0 radical (unpaired) electrons. The van der Waals surface area contributed by atoms with Gasteiger partial charge in [-0.2, -0.15) is 15.0 Å². The Morgan fingerprint density at radius 2 is 1.33 bits per heavy atom. The molecule has 1 aromatic heterocycles.